The number of aliphatic hydroxyl groups is 1. The summed E-state index contributed by atoms with van der Waals surface area (Å²) >= 11 is 0. The third-order valence-electron chi connectivity index (χ3n) is 2.61. The molecule has 1 aliphatic rings. The zero-order valence-corrected chi connectivity index (χ0v) is 12.2. The zero-order valence-electron chi connectivity index (χ0n) is 11.4. The highest BCUT2D eigenvalue weighted by Gasteiger charge is 2.30. The Morgan fingerprint density at radius 3 is 2.56 bits per heavy atom. The fourth-order valence-corrected chi connectivity index (χ4v) is 2.25. The molecular formula is C11H23NO5S. The van der Waals surface area contributed by atoms with Gasteiger partial charge in [-0.25, -0.2) is 0 Å². The van der Waals surface area contributed by atoms with Gasteiger partial charge in [0.05, 0.1) is 18.5 Å². The Balaban J connectivity index is 2.37. The van der Waals surface area contributed by atoms with Crippen molar-refractivity contribution in [3.05, 3.63) is 0 Å². The van der Waals surface area contributed by atoms with E-state index in [-0.39, 0.29) is 12.5 Å². The van der Waals surface area contributed by atoms with Crippen LogP contribution in [-0.4, -0.2) is 56.4 Å². The van der Waals surface area contributed by atoms with Crippen molar-refractivity contribution in [2.45, 2.75) is 39.2 Å². The molecule has 1 aliphatic heterocycles. The number of hydrogen-bond acceptors (Lipinski definition) is 6. The quantitative estimate of drug-likeness (QED) is 0.580. The Hall–Kier alpha value is -0.210. The highest BCUT2D eigenvalue weighted by Crippen LogP contribution is 2.21. The molecule has 0 aromatic carbocycles. The predicted octanol–water partition coefficient (Wildman–Crippen LogP) is 0.376. The molecule has 1 N–H and O–H groups in total. The summed E-state index contributed by atoms with van der Waals surface area (Å²) in [6.07, 6.45) is 0.880. The van der Waals surface area contributed by atoms with Crippen LogP contribution in [0.5, 0.6) is 0 Å². The lowest BCUT2D eigenvalue weighted by molar-refractivity contribution is -0.234. The van der Waals surface area contributed by atoms with Gasteiger partial charge in [-0.05, 0) is 33.1 Å². The summed E-state index contributed by atoms with van der Waals surface area (Å²) in [5.74, 6) is 0.109. The molecule has 7 heteroatoms. The highest BCUT2D eigenvalue weighted by molar-refractivity contribution is 7.85. The SMILES string of the molecule is CC(C)(C)OC(O)N1CC[C@@H](COS(C)(=O)=O)C1. The molecule has 1 saturated heterocycles. The molecule has 0 amide bonds. The minimum absolute atomic E-state index is 0.109. The molecule has 2 atom stereocenters. The largest absolute Gasteiger partial charge is 0.356 e. The van der Waals surface area contributed by atoms with E-state index in [0.29, 0.717) is 13.1 Å². The summed E-state index contributed by atoms with van der Waals surface area (Å²) in [6.45, 7) is 7.03. The van der Waals surface area contributed by atoms with Crippen LogP contribution in [0.15, 0.2) is 0 Å². The third-order valence-corrected chi connectivity index (χ3v) is 3.17. The second kappa shape index (κ2) is 5.83. The number of hydrogen-bond donors (Lipinski definition) is 1. The Morgan fingerprint density at radius 1 is 1.44 bits per heavy atom. The van der Waals surface area contributed by atoms with Crippen LogP contribution < -0.4 is 0 Å². The Kier molecular flexibility index (Phi) is 5.13. The van der Waals surface area contributed by atoms with E-state index in [0.717, 1.165) is 12.7 Å². The van der Waals surface area contributed by atoms with Gasteiger partial charge in [-0.1, -0.05) is 0 Å². The first-order valence-corrected chi connectivity index (χ1v) is 7.83. The number of rotatable bonds is 5. The lowest BCUT2D eigenvalue weighted by atomic mass is 10.1. The lowest BCUT2D eigenvalue weighted by Gasteiger charge is -2.29. The normalized spacial score (nSPS) is 24.4. The van der Waals surface area contributed by atoms with Crippen LogP contribution in [0.1, 0.15) is 27.2 Å². The van der Waals surface area contributed by atoms with Gasteiger partial charge in [-0.2, -0.15) is 8.42 Å². The second-order valence-corrected chi connectivity index (χ2v) is 7.34. The van der Waals surface area contributed by atoms with E-state index < -0.39 is 22.1 Å². The van der Waals surface area contributed by atoms with Gasteiger partial charge < -0.3 is 9.84 Å². The predicted molar refractivity (Wildman–Crippen MR) is 67.3 cm³/mol. The van der Waals surface area contributed by atoms with Crippen LogP contribution >= 0.6 is 0 Å². The molecule has 1 heterocycles. The molecule has 0 aliphatic carbocycles. The van der Waals surface area contributed by atoms with E-state index in [1.807, 2.05) is 20.8 Å². The van der Waals surface area contributed by atoms with Gasteiger partial charge in [0.2, 0.25) is 6.41 Å². The van der Waals surface area contributed by atoms with Crippen molar-refractivity contribution in [1.29, 1.82) is 0 Å². The summed E-state index contributed by atoms with van der Waals surface area (Å²) < 4.78 is 32.0. The Labute approximate surface area is 109 Å². The molecule has 0 aromatic rings. The number of ether oxygens (including phenoxy) is 1. The number of nitrogens with zero attached hydrogens (tertiary/aromatic N) is 1. The molecule has 6 nitrogen and oxygen atoms in total. The first kappa shape index (κ1) is 15.8. The second-order valence-electron chi connectivity index (χ2n) is 5.69. The molecule has 0 radical (unpaired) electrons. The molecule has 0 saturated carbocycles. The minimum atomic E-state index is -3.39. The van der Waals surface area contributed by atoms with Crippen molar-refractivity contribution in [2.24, 2.45) is 5.92 Å². The summed E-state index contributed by atoms with van der Waals surface area (Å²) in [7, 11) is -3.39. The van der Waals surface area contributed by atoms with E-state index in [1.165, 1.54) is 0 Å². The maximum atomic E-state index is 10.9. The van der Waals surface area contributed by atoms with Gasteiger partial charge in [-0.15, -0.1) is 0 Å². The van der Waals surface area contributed by atoms with Crippen molar-refractivity contribution in [2.75, 3.05) is 26.0 Å². The van der Waals surface area contributed by atoms with Gasteiger partial charge in [0.15, 0.2) is 0 Å². The van der Waals surface area contributed by atoms with Crippen molar-refractivity contribution in [1.82, 2.24) is 4.90 Å². The topological polar surface area (TPSA) is 76.1 Å². The van der Waals surface area contributed by atoms with Crippen LogP contribution in [0, 0.1) is 5.92 Å². The third kappa shape index (κ3) is 6.10. The minimum Gasteiger partial charge on any atom is -0.356 e. The van der Waals surface area contributed by atoms with Crippen LogP contribution in [0.2, 0.25) is 0 Å². The molecule has 108 valence electrons. The average molecular weight is 281 g/mol. The smallest absolute Gasteiger partial charge is 0.264 e. The standard InChI is InChI=1S/C11H23NO5S/c1-11(2,3)17-10(13)12-6-5-9(7-12)8-16-18(4,14)15/h9-10,13H,5-8H2,1-4H3/t9-,10?/m1/s1. The van der Waals surface area contributed by atoms with Gasteiger partial charge in [0.25, 0.3) is 10.1 Å². The number of aliphatic hydroxyl groups excluding tert-OH is 1. The molecular weight excluding hydrogens is 258 g/mol. The first-order chi connectivity index (χ1) is 8.07. The summed E-state index contributed by atoms with van der Waals surface area (Å²) in [5.41, 5.74) is -0.416. The van der Waals surface area contributed by atoms with E-state index >= 15 is 0 Å². The van der Waals surface area contributed by atoms with Crippen LogP contribution in [0.4, 0.5) is 0 Å². The van der Waals surface area contributed by atoms with E-state index in [1.54, 1.807) is 4.90 Å². The average Bonchev–Trinajstić information content (AvgIpc) is 2.58. The van der Waals surface area contributed by atoms with Gasteiger partial charge in [0, 0.05) is 13.1 Å². The number of likely N-dealkylation sites (tertiary alicyclic amines) is 1. The summed E-state index contributed by atoms with van der Waals surface area (Å²) in [6, 6.07) is 0. The van der Waals surface area contributed by atoms with Crippen LogP contribution in [-0.2, 0) is 19.0 Å². The van der Waals surface area contributed by atoms with Crippen molar-refractivity contribution < 1.29 is 22.4 Å². The monoisotopic (exact) mass is 281 g/mol. The zero-order chi connectivity index (χ0) is 14.0. The van der Waals surface area contributed by atoms with Crippen molar-refractivity contribution >= 4 is 10.1 Å². The van der Waals surface area contributed by atoms with Crippen LogP contribution in [0.25, 0.3) is 0 Å². The van der Waals surface area contributed by atoms with Gasteiger partial charge in [-0.3, -0.25) is 9.08 Å². The van der Waals surface area contributed by atoms with E-state index in [9.17, 15) is 13.5 Å². The Morgan fingerprint density at radius 2 is 2.06 bits per heavy atom. The van der Waals surface area contributed by atoms with E-state index in [4.69, 9.17) is 8.92 Å². The fraction of sp³-hybridized carbons (Fsp3) is 1.00. The maximum Gasteiger partial charge on any atom is 0.264 e. The molecule has 1 rings (SSSR count). The first-order valence-electron chi connectivity index (χ1n) is 6.01. The summed E-state index contributed by atoms with van der Waals surface area (Å²) in [4.78, 5) is 1.78. The van der Waals surface area contributed by atoms with E-state index in [2.05, 4.69) is 0 Å². The van der Waals surface area contributed by atoms with Crippen molar-refractivity contribution in [3.63, 3.8) is 0 Å². The molecule has 1 fully saturated rings. The van der Waals surface area contributed by atoms with Crippen LogP contribution in [0.3, 0.4) is 0 Å². The molecule has 0 bridgehead atoms. The summed E-state index contributed by atoms with van der Waals surface area (Å²) in [5, 5.41) is 9.88. The molecule has 0 aromatic heterocycles. The highest BCUT2D eigenvalue weighted by atomic mass is 32.2. The maximum absolute atomic E-state index is 10.9. The molecule has 18 heavy (non-hydrogen) atoms. The van der Waals surface area contributed by atoms with Gasteiger partial charge in [0.1, 0.15) is 0 Å². The van der Waals surface area contributed by atoms with Gasteiger partial charge >= 0.3 is 0 Å². The van der Waals surface area contributed by atoms with Crippen molar-refractivity contribution in [3.8, 4) is 0 Å². The molecule has 1 unspecified atom stereocenters. The molecule has 0 spiro atoms. The fourth-order valence-electron chi connectivity index (χ4n) is 1.81. The Bertz CT molecular complexity index is 362. The lowest BCUT2D eigenvalue weighted by Crippen LogP contribution is -2.40.